The van der Waals surface area contributed by atoms with Crippen molar-refractivity contribution in [3.8, 4) is 17.1 Å². The first-order chi connectivity index (χ1) is 19.3. The number of ketones is 1. The third-order valence-electron chi connectivity index (χ3n) is 5.94. The Hall–Kier alpha value is -4.77. The molecule has 0 saturated carbocycles. The lowest BCUT2D eigenvalue weighted by molar-refractivity contribution is -0.139. The number of benzene rings is 2. The highest BCUT2D eigenvalue weighted by atomic mass is 32.1. The quantitative estimate of drug-likeness (QED) is 0.111. The lowest BCUT2D eigenvalue weighted by Gasteiger charge is -2.30. The van der Waals surface area contributed by atoms with Crippen LogP contribution in [0.15, 0.2) is 81.5 Å². The first-order valence-electron chi connectivity index (χ1n) is 12.5. The third kappa shape index (κ3) is 6.80. The van der Waals surface area contributed by atoms with Gasteiger partial charge in [-0.2, -0.15) is 5.10 Å². The van der Waals surface area contributed by atoms with Crippen LogP contribution in [0.1, 0.15) is 48.5 Å². The highest BCUT2D eigenvalue weighted by molar-refractivity contribution is 7.80. The molecule has 1 amide bonds. The number of thiocarbonyl (C=S) groups is 1. The minimum Gasteiger partial charge on any atom is -0.483 e. The van der Waals surface area contributed by atoms with Gasteiger partial charge in [0.2, 0.25) is 0 Å². The Morgan fingerprint density at radius 3 is 2.58 bits per heavy atom. The Labute approximate surface area is 236 Å². The number of ether oxygens (including phenoxy) is 2. The van der Waals surface area contributed by atoms with Gasteiger partial charge in [-0.1, -0.05) is 42.5 Å². The zero-order valence-corrected chi connectivity index (χ0v) is 23.0. The van der Waals surface area contributed by atoms with Crippen LogP contribution in [0.25, 0.3) is 11.3 Å². The number of amides is 1. The van der Waals surface area contributed by atoms with Crippen LogP contribution in [0.2, 0.25) is 0 Å². The number of nitrogens with zero attached hydrogens (tertiary/aromatic N) is 1. The lowest BCUT2D eigenvalue weighted by Crippen LogP contribution is -2.45. The van der Waals surface area contributed by atoms with E-state index in [0.29, 0.717) is 44.8 Å². The van der Waals surface area contributed by atoms with Gasteiger partial charge >= 0.3 is 5.97 Å². The molecule has 40 heavy (non-hydrogen) atoms. The van der Waals surface area contributed by atoms with Crippen molar-refractivity contribution in [2.75, 3.05) is 13.2 Å². The van der Waals surface area contributed by atoms with Crippen LogP contribution in [0.4, 0.5) is 0 Å². The summed E-state index contributed by atoms with van der Waals surface area (Å²) in [5.41, 5.74) is 5.38. The van der Waals surface area contributed by atoms with Crippen LogP contribution in [-0.4, -0.2) is 42.2 Å². The second-order valence-corrected chi connectivity index (χ2v) is 9.15. The van der Waals surface area contributed by atoms with Crippen molar-refractivity contribution in [1.82, 2.24) is 16.1 Å². The number of carbonyl (C=O) groups is 3. The Kier molecular flexibility index (Phi) is 9.07. The van der Waals surface area contributed by atoms with Gasteiger partial charge in [0.05, 0.1) is 24.4 Å². The molecule has 0 fully saturated rings. The number of nitrogens with one attached hydrogen (secondary N) is 3. The molecule has 1 atom stereocenters. The summed E-state index contributed by atoms with van der Waals surface area (Å²) in [5, 5.41) is 10.3. The molecule has 2 heterocycles. The smallest absolute Gasteiger partial charge is 0.338 e. The second kappa shape index (κ2) is 12.9. The topological polar surface area (TPSA) is 131 Å². The van der Waals surface area contributed by atoms with Crippen LogP contribution in [0, 0.1) is 0 Å². The van der Waals surface area contributed by atoms with Gasteiger partial charge in [0.25, 0.3) is 5.91 Å². The largest absolute Gasteiger partial charge is 0.483 e. The summed E-state index contributed by atoms with van der Waals surface area (Å²) in [7, 11) is 0. The van der Waals surface area contributed by atoms with Gasteiger partial charge < -0.3 is 24.5 Å². The molecular formula is C29H28N4O6S. The summed E-state index contributed by atoms with van der Waals surface area (Å²) in [4.78, 5) is 36.6. The van der Waals surface area contributed by atoms with Crippen LogP contribution in [0.5, 0.6) is 5.75 Å². The molecule has 3 N–H and O–H groups in total. The van der Waals surface area contributed by atoms with Crippen LogP contribution in [-0.2, 0) is 14.3 Å². The number of carbonyl (C=O) groups excluding carboxylic acids is 3. The molecule has 0 unspecified atom stereocenters. The van der Waals surface area contributed by atoms with Crippen molar-refractivity contribution >= 4 is 41.2 Å². The van der Waals surface area contributed by atoms with E-state index in [1.807, 2.05) is 0 Å². The first-order valence-corrected chi connectivity index (χ1v) is 12.9. The number of allylic oxidation sites excluding steroid dienone is 1. The molecule has 4 rings (SSSR count). The normalized spacial score (nSPS) is 14.9. The van der Waals surface area contributed by atoms with E-state index < -0.39 is 17.9 Å². The second-order valence-electron chi connectivity index (χ2n) is 8.75. The molecule has 2 aromatic carbocycles. The van der Waals surface area contributed by atoms with Crippen LogP contribution < -0.4 is 20.8 Å². The number of hydrogen-bond donors (Lipinski definition) is 3. The van der Waals surface area contributed by atoms with Gasteiger partial charge in [-0.15, -0.1) is 0 Å². The van der Waals surface area contributed by atoms with Crippen molar-refractivity contribution in [3.05, 3.63) is 88.8 Å². The minimum absolute atomic E-state index is 0.0116. The maximum atomic E-state index is 12.7. The summed E-state index contributed by atoms with van der Waals surface area (Å²) < 4.78 is 16.8. The maximum Gasteiger partial charge on any atom is 0.338 e. The lowest BCUT2D eigenvalue weighted by atomic mass is 9.95. The van der Waals surface area contributed by atoms with Gasteiger partial charge in [-0.25, -0.2) is 10.2 Å². The number of Topliss-reactive ketones (excluding diaryl/α,β-unsaturated/α-hetero) is 1. The van der Waals surface area contributed by atoms with E-state index in [1.54, 1.807) is 74.5 Å². The fraction of sp³-hybridized carbons (Fsp3) is 0.207. The molecule has 0 saturated heterocycles. The highest BCUT2D eigenvalue weighted by Gasteiger charge is 2.32. The molecule has 3 aromatic rings. The van der Waals surface area contributed by atoms with E-state index in [2.05, 4.69) is 21.2 Å². The Bertz CT molecular complexity index is 1490. The van der Waals surface area contributed by atoms with E-state index in [4.69, 9.17) is 26.1 Å². The van der Waals surface area contributed by atoms with E-state index in [9.17, 15) is 14.4 Å². The fourth-order valence-electron chi connectivity index (χ4n) is 4.05. The van der Waals surface area contributed by atoms with E-state index >= 15 is 0 Å². The molecular weight excluding hydrogens is 532 g/mol. The third-order valence-corrected chi connectivity index (χ3v) is 6.16. The number of furan rings is 1. The summed E-state index contributed by atoms with van der Waals surface area (Å²) in [6, 6.07) is 17.0. The molecule has 1 aliphatic rings. The van der Waals surface area contributed by atoms with Gasteiger partial charge in [0.15, 0.2) is 17.5 Å². The van der Waals surface area contributed by atoms with Gasteiger partial charge in [0.1, 0.15) is 17.3 Å². The molecule has 1 aliphatic heterocycles. The molecule has 0 bridgehead atoms. The van der Waals surface area contributed by atoms with Crippen molar-refractivity contribution < 1.29 is 28.3 Å². The number of esters is 1. The van der Waals surface area contributed by atoms with Crippen molar-refractivity contribution in [3.63, 3.8) is 0 Å². The predicted molar refractivity (Wildman–Crippen MR) is 153 cm³/mol. The molecule has 1 aromatic heterocycles. The predicted octanol–water partition coefficient (Wildman–Crippen LogP) is 4.03. The number of para-hydroxylation sites is 1. The van der Waals surface area contributed by atoms with Crippen molar-refractivity contribution in [1.29, 1.82) is 0 Å². The average Bonchev–Trinajstić information content (AvgIpc) is 3.40. The van der Waals surface area contributed by atoms with E-state index in [1.165, 1.54) is 13.1 Å². The van der Waals surface area contributed by atoms with E-state index in [-0.39, 0.29) is 19.0 Å². The number of hydrogen-bond acceptors (Lipinski definition) is 8. The van der Waals surface area contributed by atoms with Crippen LogP contribution in [0.3, 0.4) is 0 Å². The highest BCUT2D eigenvalue weighted by Crippen LogP contribution is 2.33. The fourth-order valence-corrected chi connectivity index (χ4v) is 4.32. The van der Waals surface area contributed by atoms with Crippen molar-refractivity contribution in [2.24, 2.45) is 5.10 Å². The van der Waals surface area contributed by atoms with Crippen molar-refractivity contribution in [2.45, 2.75) is 26.8 Å². The van der Waals surface area contributed by atoms with Crippen LogP contribution >= 0.6 is 12.2 Å². The summed E-state index contributed by atoms with van der Waals surface area (Å²) >= 11 is 5.30. The molecule has 11 heteroatoms. The average molecular weight is 561 g/mol. The summed E-state index contributed by atoms with van der Waals surface area (Å²) in [6.45, 7) is 4.88. The minimum atomic E-state index is -0.628. The van der Waals surface area contributed by atoms with E-state index in [0.717, 1.165) is 5.56 Å². The Morgan fingerprint density at radius 2 is 1.85 bits per heavy atom. The molecule has 206 valence electrons. The SMILES string of the molecule is CCOC(=O)C1=C(C)NC(=S)N[C@@H]1c1ccccc1OCC(=O)NN=Cc1ccc(-c2ccc(C(C)=O)cc2)o1. The summed E-state index contributed by atoms with van der Waals surface area (Å²) in [5.74, 6) is 0.429. The molecule has 0 spiro atoms. The van der Waals surface area contributed by atoms with Gasteiger partial charge in [-0.05, 0) is 51.2 Å². The standard InChI is InChI=1S/C29H28N4O6S/c1-4-37-28(36)26-17(2)31-29(40)32-27(26)22-7-5-6-8-24(22)38-16-25(35)33-30-15-21-13-14-23(39-21)20-11-9-19(10-12-20)18(3)34/h5-15,27H,4,16H2,1-3H3,(H,33,35)(H2,31,32,40)/t27-/m1/s1. The first kappa shape index (κ1) is 28.2. The summed E-state index contributed by atoms with van der Waals surface area (Å²) in [6.07, 6.45) is 1.37. The zero-order chi connectivity index (χ0) is 28.6. The molecule has 0 radical (unpaired) electrons. The molecule has 0 aliphatic carbocycles. The zero-order valence-electron chi connectivity index (χ0n) is 22.1. The Balaban J connectivity index is 1.38. The molecule has 10 nitrogen and oxygen atoms in total. The van der Waals surface area contributed by atoms with Gasteiger partial charge in [-0.3, -0.25) is 9.59 Å². The number of hydrazone groups is 1. The number of rotatable bonds is 10. The maximum absolute atomic E-state index is 12.7. The Morgan fingerprint density at radius 1 is 1.10 bits per heavy atom. The monoisotopic (exact) mass is 560 g/mol. The van der Waals surface area contributed by atoms with Gasteiger partial charge in [0, 0.05) is 22.4 Å².